The Kier molecular flexibility index (Phi) is 5.64. The van der Waals surface area contributed by atoms with Crippen LogP contribution in [0.1, 0.15) is 30.5 Å². The molecule has 1 aliphatic heterocycles. The molecular formula is C15H23F2N3O. The summed E-state index contributed by atoms with van der Waals surface area (Å²) in [5, 5.41) is 0. The van der Waals surface area contributed by atoms with Crippen LogP contribution in [-0.2, 0) is 4.74 Å². The second-order valence-electron chi connectivity index (χ2n) is 5.45. The minimum absolute atomic E-state index is 0.212. The lowest BCUT2D eigenvalue weighted by Gasteiger charge is -2.37. The van der Waals surface area contributed by atoms with Gasteiger partial charge in [-0.3, -0.25) is 16.2 Å². The third-order valence-corrected chi connectivity index (χ3v) is 3.91. The van der Waals surface area contributed by atoms with Crippen LogP contribution in [0.3, 0.4) is 0 Å². The Hall–Kier alpha value is -1.08. The standard InChI is InChI=1S/C15H23F2N3O/c1-3-6-20-7-8-21-12(9-20)15(19-18)11-5-4-10(2)13(16)14(11)17/h4-5,12,15,19H,3,6-9,18H2,1-2H3. The van der Waals surface area contributed by atoms with Crippen molar-refractivity contribution >= 4 is 0 Å². The van der Waals surface area contributed by atoms with Crippen LogP contribution in [0.2, 0.25) is 0 Å². The van der Waals surface area contributed by atoms with E-state index in [1.54, 1.807) is 12.1 Å². The van der Waals surface area contributed by atoms with E-state index in [1.807, 2.05) is 0 Å². The van der Waals surface area contributed by atoms with Crippen LogP contribution in [0.4, 0.5) is 8.78 Å². The van der Waals surface area contributed by atoms with Crippen molar-refractivity contribution in [3.63, 3.8) is 0 Å². The first-order valence-corrected chi connectivity index (χ1v) is 7.33. The lowest BCUT2D eigenvalue weighted by molar-refractivity contribution is -0.0477. The summed E-state index contributed by atoms with van der Waals surface area (Å²) in [4.78, 5) is 2.25. The molecule has 21 heavy (non-hydrogen) atoms. The second kappa shape index (κ2) is 7.26. The highest BCUT2D eigenvalue weighted by molar-refractivity contribution is 5.28. The first-order valence-electron chi connectivity index (χ1n) is 7.33. The van der Waals surface area contributed by atoms with E-state index in [9.17, 15) is 8.78 Å². The van der Waals surface area contributed by atoms with E-state index < -0.39 is 17.7 Å². The summed E-state index contributed by atoms with van der Waals surface area (Å²) in [6, 6.07) is 2.56. The summed E-state index contributed by atoms with van der Waals surface area (Å²) in [5.74, 6) is 3.90. The summed E-state index contributed by atoms with van der Waals surface area (Å²) in [5.41, 5.74) is 3.07. The fourth-order valence-electron chi connectivity index (χ4n) is 2.75. The number of rotatable bonds is 5. The predicted molar refractivity (Wildman–Crippen MR) is 77.6 cm³/mol. The molecule has 2 atom stereocenters. The summed E-state index contributed by atoms with van der Waals surface area (Å²) in [7, 11) is 0. The molecule has 118 valence electrons. The minimum Gasteiger partial charge on any atom is -0.374 e. The first kappa shape index (κ1) is 16.3. The fourth-order valence-corrected chi connectivity index (χ4v) is 2.75. The molecule has 0 radical (unpaired) electrons. The molecule has 0 spiro atoms. The van der Waals surface area contributed by atoms with Crippen molar-refractivity contribution in [1.29, 1.82) is 0 Å². The Bertz CT molecular complexity index is 482. The molecule has 0 saturated carbocycles. The van der Waals surface area contributed by atoms with E-state index in [0.29, 0.717) is 13.2 Å². The smallest absolute Gasteiger partial charge is 0.164 e. The van der Waals surface area contributed by atoms with E-state index in [2.05, 4.69) is 17.2 Å². The SMILES string of the molecule is CCCN1CCOC(C(NN)c2ccc(C)c(F)c2F)C1. The molecule has 2 unspecified atom stereocenters. The van der Waals surface area contributed by atoms with E-state index in [1.165, 1.54) is 6.92 Å². The summed E-state index contributed by atoms with van der Waals surface area (Å²) < 4.78 is 33.6. The fraction of sp³-hybridized carbons (Fsp3) is 0.600. The third-order valence-electron chi connectivity index (χ3n) is 3.91. The van der Waals surface area contributed by atoms with Gasteiger partial charge in [0.15, 0.2) is 11.6 Å². The molecule has 1 aliphatic rings. The summed E-state index contributed by atoms with van der Waals surface area (Å²) in [6.45, 7) is 6.68. The number of ether oxygens (including phenoxy) is 1. The van der Waals surface area contributed by atoms with Crippen molar-refractivity contribution in [2.75, 3.05) is 26.2 Å². The maximum Gasteiger partial charge on any atom is 0.164 e. The topological polar surface area (TPSA) is 50.5 Å². The van der Waals surface area contributed by atoms with Crippen LogP contribution in [0, 0.1) is 18.6 Å². The molecule has 0 amide bonds. The number of aryl methyl sites for hydroxylation is 1. The highest BCUT2D eigenvalue weighted by Gasteiger charge is 2.31. The number of nitrogens with two attached hydrogens (primary N) is 1. The molecular weight excluding hydrogens is 276 g/mol. The van der Waals surface area contributed by atoms with Gasteiger partial charge < -0.3 is 4.74 Å². The van der Waals surface area contributed by atoms with Gasteiger partial charge >= 0.3 is 0 Å². The lowest BCUT2D eigenvalue weighted by atomic mass is 9.98. The molecule has 0 bridgehead atoms. The van der Waals surface area contributed by atoms with Gasteiger partial charge in [-0.15, -0.1) is 0 Å². The Labute approximate surface area is 124 Å². The average Bonchev–Trinajstić information content (AvgIpc) is 2.49. The number of hydrazine groups is 1. The number of hydrogen-bond acceptors (Lipinski definition) is 4. The highest BCUT2D eigenvalue weighted by Crippen LogP contribution is 2.26. The van der Waals surface area contributed by atoms with Crippen molar-refractivity contribution in [2.24, 2.45) is 5.84 Å². The zero-order valence-electron chi connectivity index (χ0n) is 12.5. The molecule has 1 fully saturated rings. The maximum absolute atomic E-state index is 14.2. The molecule has 1 aromatic rings. The van der Waals surface area contributed by atoms with Crippen LogP contribution in [0.25, 0.3) is 0 Å². The molecule has 2 rings (SSSR count). The van der Waals surface area contributed by atoms with E-state index >= 15 is 0 Å². The first-order chi connectivity index (χ1) is 10.1. The number of halogens is 2. The quantitative estimate of drug-likeness (QED) is 0.644. The van der Waals surface area contributed by atoms with Crippen molar-refractivity contribution in [3.05, 3.63) is 34.9 Å². The van der Waals surface area contributed by atoms with Gasteiger partial charge in [0, 0.05) is 18.7 Å². The molecule has 3 N–H and O–H groups in total. The van der Waals surface area contributed by atoms with Crippen molar-refractivity contribution in [2.45, 2.75) is 32.4 Å². The van der Waals surface area contributed by atoms with Gasteiger partial charge in [0.2, 0.25) is 0 Å². The Balaban J connectivity index is 2.21. The van der Waals surface area contributed by atoms with E-state index in [4.69, 9.17) is 10.6 Å². The van der Waals surface area contributed by atoms with Gasteiger partial charge in [-0.1, -0.05) is 19.1 Å². The van der Waals surface area contributed by atoms with E-state index in [-0.39, 0.29) is 17.2 Å². The Morgan fingerprint density at radius 1 is 1.43 bits per heavy atom. The number of benzene rings is 1. The van der Waals surface area contributed by atoms with Crippen LogP contribution in [0.15, 0.2) is 12.1 Å². The minimum atomic E-state index is -0.853. The molecule has 1 saturated heterocycles. The Morgan fingerprint density at radius 2 is 2.19 bits per heavy atom. The molecule has 1 aromatic carbocycles. The molecule has 6 heteroatoms. The van der Waals surface area contributed by atoms with E-state index in [0.717, 1.165) is 19.5 Å². The maximum atomic E-state index is 14.2. The highest BCUT2D eigenvalue weighted by atomic mass is 19.2. The number of nitrogens with zero attached hydrogens (tertiary/aromatic N) is 1. The van der Waals surface area contributed by atoms with Gasteiger partial charge in [-0.25, -0.2) is 8.78 Å². The summed E-state index contributed by atoms with van der Waals surface area (Å²) in [6.07, 6.45) is 0.743. The van der Waals surface area contributed by atoms with Gasteiger partial charge in [0.1, 0.15) is 0 Å². The Morgan fingerprint density at radius 3 is 2.86 bits per heavy atom. The van der Waals surface area contributed by atoms with Gasteiger partial charge in [0.25, 0.3) is 0 Å². The van der Waals surface area contributed by atoms with Gasteiger partial charge in [-0.2, -0.15) is 0 Å². The lowest BCUT2D eigenvalue weighted by Crippen LogP contribution is -2.50. The van der Waals surface area contributed by atoms with Crippen molar-refractivity contribution < 1.29 is 13.5 Å². The largest absolute Gasteiger partial charge is 0.374 e. The zero-order valence-corrected chi connectivity index (χ0v) is 12.5. The predicted octanol–water partition coefficient (Wildman–Crippen LogP) is 1.89. The molecule has 1 heterocycles. The normalized spacial score (nSPS) is 21.5. The van der Waals surface area contributed by atoms with Gasteiger partial charge in [0.05, 0.1) is 18.8 Å². The molecule has 4 nitrogen and oxygen atoms in total. The molecule has 0 aromatic heterocycles. The zero-order chi connectivity index (χ0) is 15.4. The monoisotopic (exact) mass is 299 g/mol. The van der Waals surface area contributed by atoms with Crippen LogP contribution < -0.4 is 11.3 Å². The van der Waals surface area contributed by atoms with Crippen molar-refractivity contribution in [1.82, 2.24) is 10.3 Å². The number of hydrogen-bond donors (Lipinski definition) is 2. The van der Waals surface area contributed by atoms with Crippen LogP contribution >= 0.6 is 0 Å². The average molecular weight is 299 g/mol. The second-order valence-corrected chi connectivity index (χ2v) is 5.45. The van der Waals surface area contributed by atoms with Gasteiger partial charge in [-0.05, 0) is 25.5 Å². The van der Waals surface area contributed by atoms with Crippen molar-refractivity contribution in [3.8, 4) is 0 Å². The van der Waals surface area contributed by atoms with Crippen LogP contribution in [-0.4, -0.2) is 37.2 Å². The number of nitrogens with one attached hydrogen (secondary N) is 1. The molecule has 0 aliphatic carbocycles. The third kappa shape index (κ3) is 3.58. The number of morpholine rings is 1. The summed E-state index contributed by atoms with van der Waals surface area (Å²) >= 11 is 0. The van der Waals surface area contributed by atoms with Crippen LogP contribution in [0.5, 0.6) is 0 Å².